The number of halogens is 2. The Bertz CT molecular complexity index is 639. The molecule has 0 saturated carbocycles. The number of H-pyrrole nitrogens is 1. The minimum absolute atomic E-state index is 0.141. The molecule has 1 aromatic carbocycles. The van der Waals surface area contributed by atoms with Crippen molar-refractivity contribution in [1.29, 1.82) is 0 Å². The Morgan fingerprint density at radius 2 is 2.10 bits per heavy atom. The van der Waals surface area contributed by atoms with Crippen molar-refractivity contribution in [3.05, 3.63) is 52.9 Å². The maximum atomic E-state index is 13.7. The third-order valence-corrected chi connectivity index (χ3v) is 3.37. The molecular formula is C14H15F2N3O. The topological polar surface area (TPSA) is 49.0 Å². The smallest absolute Gasteiger partial charge is 0.257 e. The fourth-order valence-corrected chi connectivity index (χ4v) is 1.98. The Hall–Kier alpha value is -2.24. The van der Waals surface area contributed by atoms with Crippen molar-refractivity contribution in [3.8, 4) is 0 Å². The Morgan fingerprint density at radius 1 is 1.40 bits per heavy atom. The second-order valence-corrected chi connectivity index (χ2v) is 4.67. The lowest BCUT2D eigenvalue weighted by molar-refractivity contribution is 0.0739. The first-order valence-electron chi connectivity index (χ1n) is 6.14. The molecule has 2 aromatic rings. The highest BCUT2D eigenvalue weighted by Gasteiger charge is 2.23. The third-order valence-electron chi connectivity index (χ3n) is 3.37. The number of aromatic amines is 1. The monoisotopic (exact) mass is 279 g/mol. The number of aryl methyl sites for hydroxylation is 1. The van der Waals surface area contributed by atoms with Crippen LogP contribution in [0.4, 0.5) is 8.78 Å². The Kier molecular flexibility index (Phi) is 3.83. The van der Waals surface area contributed by atoms with E-state index in [-0.39, 0.29) is 11.5 Å². The highest BCUT2D eigenvalue weighted by atomic mass is 19.1. The van der Waals surface area contributed by atoms with Gasteiger partial charge in [0, 0.05) is 18.3 Å². The lowest BCUT2D eigenvalue weighted by atomic mass is 10.1. The molecule has 4 nitrogen and oxygen atoms in total. The van der Waals surface area contributed by atoms with E-state index < -0.39 is 17.7 Å². The summed E-state index contributed by atoms with van der Waals surface area (Å²) in [6.45, 7) is 3.37. The molecule has 1 unspecified atom stereocenters. The number of carbonyl (C=O) groups excluding carboxylic acids is 1. The van der Waals surface area contributed by atoms with Crippen molar-refractivity contribution in [1.82, 2.24) is 15.1 Å². The van der Waals surface area contributed by atoms with Gasteiger partial charge in [-0.3, -0.25) is 9.89 Å². The molecule has 1 aromatic heterocycles. The van der Waals surface area contributed by atoms with Crippen LogP contribution in [0.5, 0.6) is 0 Å². The van der Waals surface area contributed by atoms with Crippen LogP contribution in [0.2, 0.25) is 0 Å². The molecule has 0 bridgehead atoms. The maximum absolute atomic E-state index is 13.7. The van der Waals surface area contributed by atoms with E-state index in [1.54, 1.807) is 20.9 Å². The molecule has 1 amide bonds. The number of amides is 1. The molecule has 0 aliphatic carbocycles. The average Bonchev–Trinajstić information content (AvgIpc) is 2.85. The van der Waals surface area contributed by atoms with Crippen LogP contribution in [0.3, 0.4) is 0 Å². The Balaban J connectivity index is 2.29. The molecule has 0 radical (unpaired) electrons. The number of aromatic nitrogens is 2. The molecule has 0 spiro atoms. The highest BCUT2D eigenvalue weighted by Crippen LogP contribution is 2.24. The van der Waals surface area contributed by atoms with Gasteiger partial charge in [0.2, 0.25) is 0 Å². The van der Waals surface area contributed by atoms with Crippen LogP contribution in [0.1, 0.15) is 34.6 Å². The molecule has 6 heteroatoms. The van der Waals surface area contributed by atoms with Crippen LogP contribution in [-0.2, 0) is 0 Å². The summed E-state index contributed by atoms with van der Waals surface area (Å²) in [5.74, 6) is -1.37. The summed E-state index contributed by atoms with van der Waals surface area (Å²) in [6.07, 6.45) is 1.42. The predicted octanol–water partition coefficient (Wildman–Crippen LogP) is 2.83. The third kappa shape index (κ3) is 2.54. The fourth-order valence-electron chi connectivity index (χ4n) is 1.98. The molecule has 0 aliphatic heterocycles. The zero-order chi connectivity index (χ0) is 14.9. The Morgan fingerprint density at radius 3 is 2.70 bits per heavy atom. The van der Waals surface area contributed by atoms with E-state index in [0.717, 1.165) is 18.2 Å². The van der Waals surface area contributed by atoms with Gasteiger partial charge in [-0.2, -0.15) is 5.10 Å². The standard InChI is InChI=1S/C14H15F2N3O/c1-8-12(7-17-18-8)14(20)19(3)9(2)11-6-10(15)4-5-13(11)16/h4-7,9H,1-3H3,(H,17,18). The largest absolute Gasteiger partial charge is 0.335 e. The first-order chi connectivity index (χ1) is 9.41. The summed E-state index contributed by atoms with van der Waals surface area (Å²) in [5, 5.41) is 6.45. The fraction of sp³-hybridized carbons (Fsp3) is 0.286. The lowest BCUT2D eigenvalue weighted by Crippen LogP contribution is -2.30. The second kappa shape index (κ2) is 5.40. The van der Waals surface area contributed by atoms with Crippen molar-refractivity contribution in [2.24, 2.45) is 0 Å². The molecule has 0 aliphatic rings. The van der Waals surface area contributed by atoms with E-state index in [4.69, 9.17) is 0 Å². The number of nitrogens with one attached hydrogen (secondary N) is 1. The van der Waals surface area contributed by atoms with Crippen LogP contribution in [0.25, 0.3) is 0 Å². The summed E-state index contributed by atoms with van der Waals surface area (Å²) >= 11 is 0. The summed E-state index contributed by atoms with van der Waals surface area (Å²) in [7, 11) is 1.55. The van der Waals surface area contributed by atoms with Gasteiger partial charge in [0.15, 0.2) is 0 Å². The number of rotatable bonds is 3. The van der Waals surface area contributed by atoms with E-state index in [1.807, 2.05) is 0 Å². The van der Waals surface area contributed by atoms with E-state index >= 15 is 0 Å². The first kappa shape index (κ1) is 14.2. The molecule has 0 fully saturated rings. The first-order valence-corrected chi connectivity index (χ1v) is 6.14. The minimum Gasteiger partial charge on any atom is -0.335 e. The normalized spacial score (nSPS) is 12.2. The van der Waals surface area contributed by atoms with Crippen LogP contribution in [0, 0.1) is 18.6 Å². The molecule has 1 N–H and O–H groups in total. The average molecular weight is 279 g/mol. The van der Waals surface area contributed by atoms with Gasteiger partial charge >= 0.3 is 0 Å². The number of hydrogen-bond donors (Lipinski definition) is 1. The highest BCUT2D eigenvalue weighted by molar-refractivity contribution is 5.95. The number of carbonyl (C=O) groups is 1. The number of nitrogens with zero attached hydrogens (tertiary/aromatic N) is 2. The van der Waals surface area contributed by atoms with Crippen molar-refractivity contribution < 1.29 is 13.6 Å². The molecule has 2 rings (SSSR count). The van der Waals surface area contributed by atoms with Gasteiger partial charge in [-0.25, -0.2) is 8.78 Å². The Labute approximate surface area is 115 Å². The van der Waals surface area contributed by atoms with E-state index in [0.29, 0.717) is 11.3 Å². The van der Waals surface area contributed by atoms with Gasteiger partial charge in [-0.05, 0) is 32.0 Å². The van der Waals surface area contributed by atoms with Crippen molar-refractivity contribution >= 4 is 5.91 Å². The zero-order valence-electron chi connectivity index (χ0n) is 11.4. The van der Waals surface area contributed by atoms with Gasteiger partial charge < -0.3 is 4.90 Å². The second-order valence-electron chi connectivity index (χ2n) is 4.67. The molecule has 1 heterocycles. The lowest BCUT2D eigenvalue weighted by Gasteiger charge is -2.25. The summed E-state index contributed by atoms with van der Waals surface area (Å²) in [4.78, 5) is 13.6. The number of hydrogen-bond acceptors (Lipinski definition) is 2. The summed E-state index contributed by atoms with van der Waals surface area (Å²) in [5.41, 5.74) is 1.19. The molecular weight excluding hydrogens is 264 g/mol. The van der Waals surface area contributed by atoms with E-state index in [9.17, 15) is 13.6 Å². The summed E-state index contributed by atoms with van der Waals surface area (Å²) < 4.78 is 27.0. The van der Waals surface area contributed by atoms with Crippen LogP contribution in [0.15, 0.2) is 24.4 Å². The van der Waals surface area contributed by atoms with Crippen LogP contribution < -0.4 is 0 Å². The van der Waals surface area contributed by atoms with Gasteiger partial charge in [-0.1, -0.05) is 0 Å². The number of benzene rings is 1. The van der Waals surface area contributed by atoms with Crippen molar-refractivity contribution in [2.45, 2.75) is 19.9 Å². The zero-order valence-corrected chi connectivity index (χ0v) is 11.4. The minimum atomic E-state index is -0.590. The van der Waals surface area contributed by atoms with Gasteiger partial charge in [0.1, 0.15) is 11.6 Å². The van der Waals surface area contributed by atoms with E-state index in [2.05, 4.69) is 10.2 Å². The molecule has 1 atom stereocenters. The van der Waals surface area contributed by atoms with Gasteiger partial charge in [0.25, 0.3) is 5.91 Å². The van der Waals surface area contributed by atoms with Crippen LogP contribution in [-0.4, -0.2) is 28.1 Å². The maximum Gasteiger partial charge on any atom is 0.257 e. The van der Waals surface area contributed by atoms with Crippen LogP contribution >= 0.6 is 0 Å². The SMILES string of the molecule is Cc1[nH]ncc1C(=O)N(C)C(C)c1cc(F)ccc1F. The van der Waals surface area contributed by atoms with E-state index in [1.165, 1.54) is 11.1 Å². The molecule has 20 heavy (non-hydrogen) atoms. The van der Waals surface area contributed by atoms with Crippen molar-refractivity contribution in [2.75, 3.05) is 7.05 Å². The summed E-state index contributed by atoms with van der Waals surface area (Å²) in [6, 6.07) is 2.62. The predicted molar refractivity (Wildman–Crippen MR) is 70.2 cm³/mol. The quantitative estimate of drug-likeness (QED) is 0.939. The van der Waals surface area contributed by atoms with Gasteiger partial charge in [-0.15, -0.1) is 0 Å². The van der Waals surface area contributed by atoms with Gasteiger partial charge in [0.05, 0.1) is 17.8 Å². The molecule has 0 saturated heterocycles. The molecule has 106 valence electrons. The van der Waals surface area contributed by atoms with Crippen molar-refractivity contribution in [3.63, 3.8) is 0 Å².